The van der Waals surface area contributed by atoms with Crippen molar-refractivity contribution in [1.29, 1.82) is 0 Å². The highest BCUT2D eigenvalue weighted by Gasteiger charge is 2.11. The Balaban J connectivity index is 1.87. The number of aromatic amines is 1. The van der Waals surface area contributed by atoms with Crippen LogP contribution < -0.4 is 5.56 Å². The Bertz CT molecular complexity index is 1010. The normalized spacial score (nSPS) is 11.1. The molecule has 0 aliphatic rings. The van der Waals surface area contributed by atoms with Crippen LogP contribution in [0.15, 0.2) is 54.0 Å². The van der Waals surface area contributed by atoms with Crippen LogP contribution in [-0.4, -0.2) is 29.1 Å². The molecule has 0 saturated carbocycles. The predicted molar refractivity (Wildman–Crippen MR) is 80.9 cm³/mol. The molecule has 4 aromatic rings. The summed E-state index contributed by atoms with van der Waals surface area (Å²) in [5.74, 6) is 0. The minimum atomic E-state index is -0.140. The largest absolute Gasteiger partial charge is 0.301 e. The number of imidazole rings is 1. The van der Waals surface area contributed by atoms with Gasteiger partial charge in [0.15, 0.2) is 5.65 Å². The van der Waals surface area contributed by atoms with Gasteiger partial charge in [0.1, 0.15) is 17.7 Å². The van der Waals surface area contributed by atoms with Crippen LogP contribution in [0.3, 0.4) is 0 Å². The molecule has 4 rings (SSSR count). The Labute approximate surface area is 124 Å². The first-order chi connectivity index (χ1) is 10.7. The van der Waals surface area contributed by atoms with E-state index in [0.717, 1.165) is 17.1 Å². The maximum absolute atomic E-state index is 11.9. The van der Waals surface area contributed by atoms with Gasteiger partial charge < -0.3 is 4.57 Å². The highest BCUT2D eigenvalue weighted by molar-refractivity contribution is 5.60. The summed E-state index contributed by atoms with van der Waals surface area (Å²) in [6.07, 6.45) is 7.00. The number of H-pyrrole nitrogens is 1. The molecule has 0 spiro atoms. The molecule has 108 valence electrons. The van der Waals surface area contributed by atoms with E-state index < -0.39 is 0 Å². The van der Waals surface area contributed by atoms with Crippen LogP contribution in [0.5, 0.6) is 0 Å². The topological polar surface area (TPSA) is 80.9 Å². The zero-order chi connectivity index (χ0) is 15.1. The molecule has 0 saturated heterocycles. The van der Waals surface area contributed by atoms with Crippen molar-refractivity contribution in [2.24, 2.45) is 0 Å². The molecule has 4 aromatic heterocycles. The first kappa shape index (κ1) is 12.5. The van der Waals surface area contributed by atoms with Gasteiger partial charge in [-0.05, 0) is 19.1 Å². The highest BCUT2D eigenvalue weighted by Crippen LogP contribution is 2.18. The first-order valence-corrected chi connectivity index (χ1v) is 6.76. The number of fused-ring (bicyclic) bond motifs is 1. The van der Waals surface area contributed by atoms with Crippen molar-refractivity contribution < 1.29 is 0 Å². The van der Waals surface area contributed by atoms with Gasteiger partial charge in [-0.3, -0.25) is 14.9 Å². The molecule has 1 N–H and O–H groups in total. The summed E-state index contributed by atoms with van der Waals surface area (Å²) in [4.78, 5) is 25.0. The summed E-state index contributed by atoms with van der Waals surface area (Å²) in [7, 11) is 0. The number of rotatable bonds is 2. The summed E-state index contributed by atoms with van der Waals surface area (Å²) in [6.45, 7) is 1.80. The first-order valence-electron chi connectivity index (χ1n) is 6.76. The zero-order valence-corrected chi connectivity index (χ0v) is 11.8. The van der Waals surface area contributed by atoms with Gasteiger partial charge in [-0.2, -0.15) is 4.52 Å². The van der Waals surface area contributed by atoms with Crippen molar-refractivity contribution in [1.82, 2.24) is 29.1 Å². The van der Waals surface area contributed by atoms with Gasteiger partial charge in [0, 0.05) is 30.4 Å². The molecule has 0 aromatic carbocycles. The molecule has 22 heavy (non-hydrogen) atoms. The Morgan fingerprint density at radius 3 is 2.91 bits per heavy atom. The van der Waals surface area contributed by atoms with E-state index in [1.807, 2.05) is 29.0 Å². The second kappa shape index (κ2) is 4.66. The summed E-state index contributed by atoms with van der Waals surface area (Å²) >= 11 is 0. The van der Waals surface area contributed by atoms with Gasteiger partial charge in [-0.1, -0.05) is 6.07 Å². The smallest absolute Gasteiger partial charge is 0.272 e. The number of aromatic nitrogens is 6. The third-order valence-electron chi connectivity index (χ3n) is 3.39. The zero-order valence-electron chi connectivity index (χ0n) is 11.8. The molecule has 0 aliphatic heterocycles. The van der Waals surface area contributed by atoms with Crippen molar-refractivity contribution in [3.8, 4) is 17.1 Å². The average molecular weight is 292 g/mol. The SMILES string of the molecule is Cc1cc(=O)n2[nH]cc(-n3cnc(-c4ccccn4)c3)c2n1. The van der Waals surface area contributed by atoms with Crippen molar-refractivity contribution >= 4 is 5.65 Å². The second-order valence-electron chi connectivity index (χ2n) is 4.93. The van der Waals surface area contributed by atoms with Crippen LogP contribution >= 0.6 is 0 Å². The van der Waals surface area contributed by atoms with Crippen LogP contribution in [0.2, 0.25) is 0 Å². The van der Waals surface area contributed by atoms with Crippen molar-refractivity contribution in [2.75, 3.05) is 0 Å². The molecule has 0 amide bonds. The standard InChI is InChI=1S/C15H12N6O/c1-10-6-14(22)21-15(19-10)13(7-18-21)20-8-12(17-9-20)11-4-2-3-5-16-11/h2-9,18H,1H3. The van der Waals surface area contributed by atoms with Crippen molar-refractivity contribution in [2.45, 2.75) is 6.92 Å². The molecule has 0 radical (unpaired) electrons. The summed E-state index contributed by atoms with van der Waals surface area (Å²) in [6, 6.07) is 7.16. The predicted octanol–water partition coefficient (Wildman–Crippen LogP) is 1.58. The van der Waals surface area contributed by atoms with Crippen LogP contribution in [0.1, 0.15) is 5.69 Å². The molecule has 4 heterocycles. The van der Waals surface area contributed by atoms with E-state index in [0.29, 0.717) is 11.3 Å². The van der Waals surface area contributed by atoms with E-state index >= 15 is 0 Å². The molecule has 0 aliphatic carbocycles. The number of nitrogens with one attached hydrogen (secondary N) is 1. The van der Waals surface area contributed by atoms with Gasteiger partial charge in [0.05, 0.1) is 5.69 Å². The lowest BCUT2D eigenvalue weighted by Gasteiger charge is -1.99. The molecule has 0 fully saturated rings. The van der Waals surface area contributed by atoms with E-state index in [4.69, 9.17) is 0 Å². The van der Waals surface area contributed by atoms with Gasteiger partial charge in [0.2, 0.25) is 0 Å². The molecular formula is C15H12N6O. The molecule has 0 bridgehead atoms. The fourth-order valence-electron chi connectivity index (χ4n) is 2.37. The third-order valence-corrected chi connectivity index (χ3v) is 3.39. The maximum atomic E-state index is 11.9. The molecule has 7 heteroatoms. The number of hydrogen-bond acceptors (Lipinski definition) is 4. The summed E-state index contributed by atoms with van der Waals surface area (Å²) < 4.78 is 3.23. The average Bonchev–Trinajstić information content (AvgIpc) is 3.14. The van der Waals surface area contributed by atoms with Gasteiger partial charge in [0.25, 0.3) is 5.56 Å². The van der Waals surface area contributed by atoms with Crippen LogP contribution in [0.25, 0.3) is 22.7 Å². The Hall–Kier alpha value is -3.22. The van der Waals surface area contributed by atoms with Gasteiger partial charge in [-0.15, -0.1) is 0 Å². The lowest BCUT2D eigenvalue weighted by molar-refractivity contribution is 0.889. The third kappa shape index (κ3) is 1.91. The second-order valence-corrected chi connectivity index (χ2v) is 4.93. The fraction of sp³-hybridized carbons (Fsp3) is 0.0667. The molecule has 0 atom stereocenters. The number of nitrogens with zero attached hydrogens (tertiary/aromatic N) is 5. The Morgan fingerprint density at radius 2 is 2.09 bits per heavy atom. The summed E-state index contributed by atoms with van der Waals surface area (Å²) in [5.41, 5.74) is 3.41. The summed E-state index contributed by atoms with van der Waals surface area (Å²) in [5, 5.41) is 2.91. The molecule has 7 nitrogen and oxygen atoms in total. The molecule has 0 unspecified atom stereocenters. The minimum Gasteiger partial charge on any atom is -0.301 e. The van der Waals surface area contributed by atoms with Crippen LogP contribution in [0.4, 0.5) is 0 Å². The van der Waals surface area contributed by atoms with E-state index in [2.05, 4.69) is 20.1 Å². The number of pyridine rings is 1. The lowest BCUT2D eigenvalue weighted by Crippen LogP contribution is -2.14. The number of hydrogen-bond donors (Lipinski definition) is 1. The highest BCUT2D eigenvalue weighted by atomic mass is 16.1. The van der Waals surface area contributed by atoms with Crippen LogP contribution in [-0.2, 0) is 0 Å². The molecular weight excluding hydrogens is 280 g/mol. The maximum Gasteiger partial charge on any atom is 0.272 e. The fourth-order valence-corrected chi connectivity index (χ4v) is 2.37. The van der Waals surface area contributed by atoms with Crippen molar-refractivity contribution in [3.05, 3.63) is 65.2 Å². The van der Waals surface area contributed by atoms with E-state index in [1.165, 1.54) is 10.6 Å². The van der Waals surface area contributed by atoms with Gasteiger partial charge >= 0.3 is 0 Å². The monoisotopic (exact) mass is 292 g/mol. The van der Waals surface area contributed by atoms with Crippen LogP contribution in [0, 0.1) is 6.92 Å². The number of aryl methyl sites for hydroxylation is 1. The minimum absolute atomic E-state index is 0.140. The van der Waals surface area contributed by atoms with Gasteiger partial charge in [-0.25, -0.2) is 9.97 Å². The quantitative estimate of drug-likeness (QED) is 0.608. The Kier molecular flexibility index (Phi) is 2.65. The van der Waals surface area contributed by atoms with E-state index in [1.54, 1.807) is 25.6 Å². The van der Waals surface area contributed by atoms with Crippen molar-refractivity contribution in [3.63, 3.8) is 0 Å². The van der Waals surface area contributed by atoms with E-state index in [9.17, 15) is 4.79 Å². The lowest BCUT2D eigenvalue weighted by atomic mass is 10.3. The van der Waals surface area contributed by atoms with E-state index in [-0.39, 0.29) is 5.56 Å². The Morgan fingerprint density at radius 1 is 1.18 bits per heavy atom.